The molecular formula is C24H25N7O2S. The third-order valence-electron chi connectivity index (χ3n) is 5.09. The van der Waals surface area contributed by atoms with Crippen LogP contribution in [0.25, 0.3) is 6.08 Å². The quantitative estimate of drug-likeness (QED) is 0.514. The lowest BCUT2D eigenvalue weighted by Crippen LogP contribution is -2.30. The van der Waals surface area contributed by atoms with Gasteiger partial charge in [-0.3, -0.25) is 9.69 Å². The van der Waals surface area contributed by atoms with E-state index >= 15 is 0 Å². The van der Waals surface area contributed by atoms with Crippen LogP contribution in [0.3, 0.4) is 0 Å². The Morgan fingerprint density at radius 2 is 1.76 bits per heavy atom. The molecule has 0 atom stereocenters. The van der Waals surface area contributed by atoms with Crippen molar-refractivity contribution in [3.8, 4) is 5.75 Å². The SMILES string of the molecule is COc1cccc(N2C(=O)/C(=C\c3ccc(C(C)C)cc3)N=C2SCc2nc(N)nc(N)n2)c1. The van der Waals surface area contributed by atoms with Gasteiger partial charge in [0, 0.05) is 6.07 Å². The second-order valence-electron chi connectivity index (χ2n) is 7.84. The van der Waals surface area contributed by atoms with Gasteiger partial charge in [0.2, 0.25) is 11.9 Å². The van der Waals surface area contributed by atoms with E-state index in [9.17, 15) is 4.79 Å². The number of hydrogen-bond donors (Lipinski definition) is 2. The molecule has 0 saturated carbocycles. The van der Waals surface area contributed by atoms with Crippen molar-refractivity contribution >= 4 is 46.5 Å². The summed E-state index contributed by atoms with van der Waals surface area (Å²) < 4.78 is 5.34. The number of amides is 1. The topological polar surface area (TPSA) is 133 Å². The minimum absolute atomic E-state index is 0.0441. The predicted octanol–water partition coefficient (Wildman–Crippen LogP) is 3.85. The first kappa shape index (κ1) is 23.2. The van der Waals surface area contributed by atoms with Crippen LogP contribution < -0.4 is 21.1 Å². The summed E-state index contributed by atoms with van der Waals surface area (Å²) in [6.07, 6.45) is 1.78. The maximum absolute atomic E-state index is 13.4. The number of rotatable bonds is 6. The minimum atomic E-state index is -0.238. The Labute approximate surface area is 202 Å². The fraction of sp³-hybridized carbons (Fsp3) is 0.208. The van der Waals surface area contributed by atoms with Crippen molar-refractivity contribution in [3.05, 3.63) is 71.2 Å². The molecule has 4 N–H and O–H groups in total. The lowest BCUT2D eigenvalue weighted by molar-refractivity contribution is -0.113. The standard InChI is InChI=1S/C24H25N7O2S/c1-14(2)16-9-7-15(8-10-16)11-19-21(32)31(17-5-4-6-18(12-17)33-3)24(27-19)34-13-20-28-22(25)30-23(26)29-20/h4-12,14H,13H2,1-3H3,(H4,25,26,28,29,30)/b19-11+. The van der Waals surface area contributed by atoms with E-state index in [1.54, 1.807) is 24.2 Å². The highest BCUT2D eigenvalue weighted by molar-refractivity contribution is 8.13. The Hall–Kier alpha value is -3.92. The van der Waals surface area contributed by atoms with E-state index < -0.39 is 0 Å². The largest absolute Gasteiger partial charge is 0.497 e. The number of hydrogen-bond acceptors (Lipinski definition) is 9. The summed E-state index contributed by atoms with van der Waals surface area (Å²) in [5.41, 5.74) is 14.5. The van der Waals surface area contributed by atoms with Gasteiger partial charge in [-0.15, -0.1) is 0 Å². The first-order valence-electron chi connectivity index (χ1n) is 10.6. The van der Waals surface area contributed by atoms with Crippen LogP contribution in [-0.4, -0.2) is 33.1 Å². The van der Waals surface area contributed by atoms with Crippen molar-refractivity contribution in [3.63, 3.8) is 0 Å². The van der Waals surface area contributed by atoms with E-state index in [1.165, 1.54) is 17.3 Å². The molecule has 0 spiro atoms. The van der Waals surface area contributed by atoms with E-state index in [4.69, 9.17) is 16.2 Å². The van der Waals surface area contributed by atoms with Gasteiger partial charge in [0.25, 0.3) is 5.91 Å². The smallest absolute Gasteiger partial charge is 0.283 e. The zero-order valence-electron chi connectivity index (χ0n) is 19.1. The number of methoxy groups -OCH3 is 1. The molecule has 3 aromatic rings. The van der Waals surface area contributed by atoms with Gasteiger partial charge in [0.15, 0.2) is 5.17 Å². The Morgan fingerprint density at radius 1 is 1.06 bits per heavy atom. The van der Waals surface area contributed by atoms with Crippen LogP contribution in [0.1, 0.15) is 36.7 Å². The Kier molecular flexibility index (Phi) is 6.78. The number of aromatic nitrogens is 3. The molecule has 0 unspecified atom stereocenters. The first-order valence-corrected chi connectivity index (χ1v) is 11.6. The van der Waals surface area contributed by atoms with Crippen molar-refractivity contribution in [1.82, 2.24) is 15.0 Å². The lowest BCUT2D eigenvalue weighted by atomic mass is 10.0. The fourth-order valence-corrected chi connectivity index (χ4v) is 4.22. The molecule has 0 radical (unpaired) electrons. The normalized spacial score (nSPS) is 14.7. The van der Waals surface area contributed by atoms with Gasteiger partial charge >= 0.3 is 0 Å². The molecule has 0 saturated heterocycles. The molecule has 0 bridgehead atoms. The monoisotopic (exact) mass is 475 g/mol. The highest BCUT2D eigenvalue weighted by atomic mass is 32.2. The molecule has 10 heteroatoms. The number of carbonyl (C=O) groups excluding carboxylic acids is 1. The van der Waals surface area contributed by atoms with E-state index in [-0.39, 0.29) is 17.8 Å². The summed E-state index contributed by atoms with van der Waals surface area (Å²) in [5.74, 6) is 1.62. The van der Waals surface area contributed by atoms with Crippen LogP contribution in [0.4, 0.5) is 17.6 Å². The van der Waals surface area contributed by atoms with Crippen LogP contribution in [-0.2, 0) is 10.5 Å². The van der Waals surface area contributed by atoms with Crippen molar-refractivity contribution in [2.75, 3.05) is 23.5 Å². The number of carbonyl (C=O) groups is 1. The number of amidine groups is 1. The number of nitrogens with two attached hydrogens (primary N) is 2. The van der Waals surface area contributed by atoms with Gasteiger partial charge in [0.1, 0.15) is 17.3 Å². The lowest BCUT2D eigenvalue weighted by Gasteiger charge is -2.18. The average molecular weight is 476 g/mol. The van der Waals surface area contributed by atoms with Crippen molar-refractivity contribution in [2.45, 2.75) is 25.5 Å². The highest BCUT2D eigenvalue weighted by Gasteiger charge is 2.32. The van der Waals surface area contributed by atoms with Gasteiger partial charge in [0.05, 0.1) is 18.6 Å². The summed E-state index contributed by atoms with van der Waals surface area (Å²) in [5, 5.41) is 0.487. The molecule has 1 aromatic heterocycles. The van der Waals surface area contributed by atoms with E-state index in [2.05, 4.69) is 45.9 Å². The number of aliphatic imine (C=N–C) groups is 1. The molecule has 4 rings (SSSR count). The number of nitrogen functional groups attached to an aromatic ring is 2. The summed E-state index contributed by atoms with van der Waals surface area (Å²) >= 11 is 1.30. The number of anilines is 3. The van der Waals surface area contributed by atoms with Gasteiger partial charge in [-0.25, -0.2) is 4.99 Å². The van der Waals surface area contributed by atoms with Crippen molar-refractivity contribution < 1.29 is 9.53 Å². The zero-order chi connectivity index (χ0) is 24.2. The van der Waals surface area contributed by atoms with Crippen LogP contribution in [0.15, 0.2) is 59.2 Å². The number of nitrogens with zero attached hydrogens (tertiary/aromatic N) is 5. The second-order valence-corrected chi connectivity index (χ2v) is 8.79. The van der Waals surface area contributed by atoms with Gasteiger partial charge in [-0.2, -0.15) is 15.0 Å². The molecule has 1 aliphatic rings. The number of thioether (sulfide) groups is 1. The summed E-state index contributed by atoms with van der Waals surface area (Å²) in [6, 6.07) is 15.4. The van der Waals surface area contributed by atoms with Gasteiger partial charge in [-0.05, 0) is 35.3 Å². The molecule has 2 aromatic carbocycles. The van der Waals surface area contributed by atoms with Crippen LogP contribution in [0, 0.1) is 0 Å². The van der Waals surface area contributed by atoms with E-state index in [0.717, 1.165) is 5.56 Å². The van der Waals surface area contributed by atoms with Gasteiger partial charge in [-0.1, -0.05) is 55.9 Å². The Balaban J connectivity index is 1.67. The zero-order valence-corrected chi connectivity index (χ0v) is 19.9. The molecule has 1 aliphatic heterocycles. The molecular weight excluding hydrogens is 450 g/mol. The second kappa shape index (κ2) is 9.92. The van der Waals surface area contributed by atoms with Crippen LogP contribution in [0.2, 0.25) is 0 Å². The number of benzene rings is 2. The molecule has 34 heavy (non-hydrogen) atoms. The molecule has 174 valence electrons. The predicted molar refractivity (Wildman–Crippen MR) is 136 cm³/mol. The third-order valence-corrected chi connectivity index (χ3v) is 6.03. The molecule has 0 aliphatic carbocycles. The Morgan fingerprint density at radius 3 is 2.41 bits per heavy atom. The molecule has 1 amide bonds. The van der Waals surface area contributed by atoms with E-state index in [1.807, 2.05) is 30.3 Å². The maximum atomic E-state index is 13.4. The molecule has 2 heterocycles. The third kappa shape index (κ3) is 5.18. The molecule has 9 nitrogen and oxygen atoms in total. The maximum Gasteiger partial charge on any atom is 0.283 e. The summed E-state index contributed by atoms with van der Waals surface area (Å²) in [4.78, 5) is 31.6. The summed E-state index contributed by atoms with van der Waals surface area (Å²) in [6.45, 7) is 4.28. The van der Waals surface area contributed by atoms with Crippen LogP contribution in [0.5, 0.6) is 5.75 Å². The minimum Gasteiger partial charge on any atom is -0.497 e. The molecule has 0 fully saturated rings. The summed E-state index contributed by atoms with van der Waals surface area (Å²) in [7, 11) is 1.58. The average Bonchev–Trinajstić information content (AvgIpc) is 3.12. The van der Waals surface area contributed by atoms with E-state index in [0.29, 0.717) is 39.8 Å². The highest BCUT2D eigenvalue weighted by Crippen LogP contribution is 2.32. The van der Waals surface area contributed by atoms with Crippen molar-refractivity contribution in [2.24, 2.45) is 4.99 Å². The first-order chi connectivity index (χ1) is 16.3. The van der Waals surface area contributed by atoms with Crippen molar-refractivity contribution in [1.29, 1.82) is 0 Å². The van der Waals surface area contributed by atoms with Crippen LogP contribution >= 0.6 is 11.8 Å². The van der Waals surface area contributed by atoms with Gasteiger partial charge < -0.3 is 16.2 Å². The number of ether oxygens (including phenoxy) is 1. The Bertz CT molecular complexity index is 1250. The fourth-order valence-electron chi connectivity index (χ4n) is 3.36.